The Balaban J connectivity index is 1.17. The van der Waals surface area contributed by atoms with Crippen molar-refractivity contribution in [3.8, 4) is 16.9 Å². The molecule has 192 valence electrons. The molecule has 3 aromatic rings. The minimum Gasteiger partial charge on any atom is -0.463 e. The second-order valence-electron chi connectivity index (χ2n) is 8.72. The van der Waals surface area contributed by atoms with Gasteiger partial charge in [0, 0.05) is 44.6 Å². The minimum absolute atomic E-state index is 0.491. The van der Waals surface area contributed by atoms with Crippen molar-refractivity contribution in [2.75, 3.05) is 56.3 Å². The molecule has 0 aliphatic carbocycles. The van der Waals surface area contributed by atoms with Crippen LogP contribution < -0.4 is 15.0 Å². The third kappa shape index (κ3) is 7.10. The standard InChI is InChI=1S/C27H30F4N4O/c28-20-36-25-8-6-21(7-9-25)22-10-12-33-26(18-22)32-11-1-2-13-34-14-16-35(17-15-34)24-5-3-4-23(19-24)27(29,30)31/h3-10,12,18-19H,1-2,11,13-17,20H2,(H,32,33). The van der Waals surface area contributed by atoms with Crippen LogP contribution in [0.3, 0.4) is 0 Å². The molecule has 1 aromatic heterocycles. The second-order valence-corrected chi connectivity index (χ2v) is 8.72. The van der Waals surface area contributed by atoms with E-state index in [1.54, 1.807) is 24.4 Å². The summed E-state index contributed by atoms with van der Waals surface area (Å²) >= 11 is 0. The van der Waals surface area contributed by atoms with Gasteiger partial charge in [0.25, 0.3) is 0 Å². The highest BCUT2D eigenvalue weighted by Gasteiger charge is 2.31. The van der Waals surface area contributed by atoms with Crippen LogP contribution in [0.2, 0.25) is 0 Å². The molecule has 0 unspecified atom stereocenters. The van der Waals surface area contributed by atoms with Gasteiger partial charge in [-0.05, 0) is 73.0 Å². The van der Waals surface area contributed by atoms with Crippen molar-refractivity contribution in [2.45, 2.75) is 19.0 Å². The van der Waals surface area contributed by atoms with Gasteiger partial charge in [-0.2, -0.15) is 13.2 Å². The van der Waals surface area contributed by atoms with Crippen molar-refractivity contribution in [3.63, 3.8) is 0 Å². The van der Waals surface area contributed by atoms with Crippen molar-refractivity contribution >= 4 is 11.5 Å². The van der Waals surface area contributed by atoms with Gasteiger partial charge in [0.2, 0.25) is 6.86 Å². The van der Waals surface area contributed by atoms with E-state index in [0.717, 1.165) is 75.1 Å². The number of anilines is 2. The maximum Gasteiger partial charge on any atom is 0.416 e. The summed E-state index contributed by atoms with van der Waals surface area (Å²) in [6, 6.07) is 16.7. The molecule has 1 fully saturated rings. The largest absolute Gasteiger partial charge is 0.463 e. The average molecular weight is 503 g/mol. The molecule has 5 nitrogen and oxygen atoms in total. The molecule has 2 aromatic carbocycles. The first-order valence-corrected chi connectivity index (χ1v) is 12.1. The zero-order valence-corrected chi connectivity index (χ0v) is 20.0. The van der Waals surface area contributed by atoms with Gasteiger partial charge in [-0.15, -0.1) is 0 Å². The number of unbranched alkanes of at least 4 members (excludes halogenated alkanes) is 1. The normalized spacial score (nSPS) is 14.6. The van der Waals surface area contributed by atoms with Crippen molar-refractivity contribution in [1.29, 1.82) is 0 Å². The van der Waals surface area contributed by atoms with Crippen LogP contribution in [-0.2, 0) is 6.18 Å². The zero-order valence-electron chi connectivity index (χ0n) is 20.0. The van der Waals surface area contributed by atoms with E-state index >= 15 is 0 Å². The van der Waals surface area contributed by atoms with Crippen molar-refractivity contribution in [3.05, 3.63) is 72.4 Å². The third-order valence-electron chi connectivity index (χ3n) is 6.29. The Kier molecular flexibility index (Phi) is 8.64. The number of hydrogen-bond donors (Lipinski definition) is 1. The summed E-state index contributed by atoms with van der Waals surface area (Å²) in [5.41, 5.74) is 2.04. The lowest BCUT2D eigenvalue weighted by Crippen LogP contribution is -2.46. The zero-order chi connectivity index (χ0) is 25.4. The number of hydrogen-bond acceptors (Lipinski definition) is 5. The van der Waals surface area contributed by atoms with Gasteiger partial charge in [0.05, 0.1) is 5.56 Å². The summed E-state index contributed by atoms with van der Waals surface area (Å²) in [5.74, 6) is 1.29. The molecular formula is C27H30F4N4O. The Morgan fingerprint density at radius 1 is 0.889 bits per heavy atom. The summed E-state index contributed by atoms with van der Waals surface area (Å²) in [6.07, 6.45) is -0.560. The van der Waals surface area contributed by atoms with Gasteiger partial charge in [-0.1, -0.05) is 18.2 Å². The summed E-state index contributed by atoms with van der Waals surface area (Å²) in [5, 5.41) is 3.37. The van der Waals surface area contributed by atoms with Crippen LogP contribution in [0, 0.1) is 0 Å². The Hall–Kier alpha value is -3.33. The molecule has 0 bridgehead atoms. The molecule has 0 atom stereocenters. The SMILES string of the molecule is FCOc1ccc(-c2ccnc(NCCCCN3CCN(c4cccc(C(F)(F)F)c4)CC3)c2)cc1. The van der Waals surface area contributed by atoms with Crippen LogP contribution in [0.25, 0.3) is 11.1 Å². The lowest BCUT2D eigenvalue weighted by molar-refractivity contribution is -0.137. The molecule has 1 saturated heterocycles. The van der Waals surface area contributed by atoms with Crippen LogP contribution >= 0.6 is 0 Å². The highest BCUT2D eigenvalue weighted by atomic mass is 19.4. The van der Waals surface area contributed by atoms with E-state index < -0.39 is 18.6 Å². The van der Waals surface area contributed by atoms with E-state index in [2.05, 4.69) is 15.2 Å². The maximum absolute atomic E-state index is 13.0. The predicted octanol–water partition coefficient (Wildman–Crippen LogP) is 6.09. The number of ether oxygens (including phenoxy) is 1. The van der Waals surface area contributed by atoms with Crippen LogP contribution in [0.5, 0.6) is 5.75 Å². The van der Waals surface area contributed by atoms with E-state index in [4.69, 9.17) is 4.74 Å². The monoisotopic (exact) mass is 502 g/mol. The van der Waals surface area contributed by atoms with E-state index in [1.807, 2.05) is 29.2 Å². The van der Waals surface area contributed by atoms with Gasteiger partial charge < -0.3 is 15.0 Å². The van der Waals surface area contributed by atoms with Gasteiger partial charge in [-0.25, -0.2) is 9.37 Å². The first-order valence-electron chi connectivity index (χ1n) is 12.1. The number of nitrogens with zero attached hydrogens (tertiary/aromatic N) is 3. The topological polar surface area (TPSA) is 40.6 Å². The quantitative estimate of drug-likeness (QED) is 0.269. The molecule has 2 heterocycles. The molecule has 1 N–H and O–H groups in total. The number of pyridine rings is 1. The lowest BCUT2D eigenvalue weighted by Gasteiger charge is -2.36. The molecular weight excluding hydrogens is 472 g/mol. The highest BCUT2D eigenvalue weighted by molar-refractivity contribution is 5.66. The van der Waals surface area contributed by atoms with Gasteiger partial charge in [-0.3, -0.25) is 4.90 Å². The third-order valence-corrected chi connectivity index (χ3v) is 6.29. The fourth-order valence-electron chi connectivity index (χ4n) is 4.30. The van der Waals surface area contributed by atoms with E-state index in [0.29, 0.717) is 11.4 Å². The van der Waals surface area contributed by atoms with Gasteiger partial charge >= 0.3 is 6.18 Å². The number of rotatable bonds is 10. The minimum atomic E-state index is -4.32. The number of alkyl halides is 4. The molecule has 9 heteroatoms. The number of benzene rings is 2. The highest BCUT2D eigenvalue weighted by Crippen LogP contribution is 2.32. The fraction of sp³-hybridized carbons (Fsp3) is 0.370. The molecule has 0 spiro atoms. The number of nitrogens with one attached hydrogen (secondary N) is 1. The number of halogens is 4. The molecule has 0 saturated carbocycles. The Morgan fingerprint density at radius 3 is 2.39 bits per heavy atom. The van der Waals surface area contributed by atoms with Gasteiger partial charge in [0.1, 0.15) is 11.6 Å². The first kappa shape index (κ1) is 25.8. The molecule has 1 aliphatic heterocycles. The fourth-order valence-corrected chi connectivity index (χ4v) is 4.30. The van der Waals surface area contributed by atoms with Crippen LogP contribution in [-0.4, -0.2) is 56.0 Å². The molecule has 0 amide bonds. The smallest absolute Gasteiger partial charge is 0.416 e. The second kappa shape index (κ2) is 12.1. The Morgan fingerprint density at radius 2 is 1.67 bits per heavy atom. The number of piperazine rings is 1. The van der Waals surface area contributed by atoms with Crippen LogP contribution in [0.4, 0.5) is 29.1 Å². The molecule has 1 aliphatic rings. The van der Waals surface area contributed by atoms with Crippen molar-refractivity contribution < 1.29 is 22.3 Å². The average Bonchev–Trinajstić information content (AvgIpc) is 2.89. The Bertz CT molecular complexity index is 1100. The molecule has 4 rings (SSSR count). The van der Waals surface area contributed by atoms with Crippen molar-refractivity contribution in [2.24, 2.45) is 0 Å². The number of aromatic nitrogens is 1. The van der Waals surface area contributed by atoms with Crippen molar-refractivity contribution in [1.82, 2.24) is 9.88 Å². The first-order chi connectivity index (χ1) is 17.4. The van der Waals surface area contributed by atoms with E-state index in [9.17, 15) is 17.6 Å². The summed E-state index contributed by atoms with van der Waals surface area (Å²) in [7, 11) is 0. The van der Waals surface area contributed by atoms with Crippen LogP contribution in [0.15, 0.2) is 66.9 Å². The van der Waals surface area contributed by atoms with Gasteiger partial charge in [0.15, 0.2) is 0 Å². The van der Waals surface area contributed by atoms with E-state index in [-0.39, 0.29) is 0 Å². The summed E-state index contributed by atoms with van der Waals surface area (Å²) in [6.45, 7) is 4.01. The molecule has 36 heavy (non-hydrogen) atoms. The summed E-state index contributed by atoms with van der Waals surface area (Å²) in [4.78, 5) is 8.77. The lowest BCUT2D eigenvalue weighted by atomic mass is 10.1. The van der Waals surface area contributed by atoms with Crippen LogP contribution in [0.1, 0.15) is 18.4 Å². The summed E-state index contributed by atoms with van der Waals surface area (Å²) < 4.78 is 56.1. The Labute approximate surface area is 208 Å². The maximum atomic E-state index is 13.0. The molecule has 0 radical (unpaired) electrons. The van der Waals surface area contributed by atoms with E-state index in [1.165, 1.54) is 12.1 Å². The predicted molar refractivity (Wildman–Crippen MR) is 134 cm³/mol.